The fourth-order valence-corrected chi connectivity index (χ4v) is 4.47. The van der Waals surface area contributed by atoms with Gasteiger partial charge in [0.25, 0.3) is 5.56 Å². The van der Waals surface area contributed by atoms with Crippen LogP contribution in [0.3, 0.4) is 0 Å². The topological polar surface area (TPSA) is 62.0 Å². The van der Waals surface area contributed by atoms with Crippen molar-refractivity contribution in [2.75, 3.05) is 0 Å². The number of carbonyl (C=O) groups excluding carboxylic acids is 1. The van der Waals surface area contributed by atoms with E-state index in [1.165, 1.54) is 23.3 Å². The molecule has 0 radical (unpaired) electrons. The van der Waals surface area contributed by atoms with Crippen molar-refractivity contribution in [1.82, 2.24) is 10.3 Å². The van der Waals surface area contributed by atoms with Crippen molar-refractivity contribution < 1.29 is 4.79 Å². The molecule has 1 amide bonds. The number of amides is 1. The lowest BCUT2D eigenvalue weighted by Crippen LogP contribution is -2.23. The lowest BCUT2D eigenvalue weighted by molar-refractivity contribution is -0.119. The summed E-state index contributed by atoms with van der Waals surface area (Å²) in [6, 6.07) is 9.79. The van der Waals surface area contributed by atoms with Gasteiger partial charge in [-0.2, -0.15) is 0 Å². The maximum Gasteiger partial charge on any atom is 0.267 e. The number of halogens is 1. The second-order valence-corrected chi connectivity index (χ2v) is 8.89. The first-order valence-corrected chi connectivity index (χ1v) is 10.4. The summed E-state index contributed by atoms with van der Waals surface area (Å²) in [5.74, 6) is 0.0626. The van der Waals surface area contributed by atoms with Crippen molar-refractivity contribution in [1.29, 1.82) is 0 Å². The molecule has 4 rings (SSSR count). The lowest BCUT2D eigenvalue weighted by Gasteiger charge is -2.14. The summed E-state index contributed by atoms with van der Waals surface area (Å²) < 4.78 is 0. The highest BCUT2D eigenvalue weighted by atomic mass is 35.5. The van der Waals surface area contributed by atoms with Crippen LogP contribution in [0, 0.1) is 6.92 Å². The molecule has 2 aromatic rings. The predicted octanol–water partition coefficient (Wildman–Crippen LogP) is 4.30. The first-order chi connectivity index (χ1) is 13.0. The number of thioether (sulfide) groups is 1. The number of rotatable bonds is 5. The zero-order valence-corrected chi connectivity index (χ0v) is 16.6. The van der Waals surface area contributed by atoms with Gasteiger partial charge in [-0.3, -0.25) is 9.59 Å². The van der Waals surface area contributed by atoms with E-state index in [1.807, 2.05) is 23.9 Å². The largest absolute Gasteiger partial charge is 0.350 e. The number of carbonyl (C=O) groups is 1. The van der Waals surface area contributed by atoms with E-state index in [4.69, 9.17) is 11.6 Å². The van der Waals surface area contributed by atoms with E-state index in [9.17, 15) is 9.59 Å². The Morgan fingerprint density at radius 3 is 2.63 bits per heavy atom. The fourth-order valence-electron chi connectivity index (χ4n) is 3.23. The third-order valence-electron chi connectivity index (χ3n) is 4.85. The minimum atomic E-state index is -0.312. The van der Waals surface area contributed by atoms with Gasteiger partial charge in [-0.05, 0) is 55.5 Å². The van der Waals surface area contributed by atoms with Crippen molar-refractivity contribution >= 4 is 34.8 Å². The van der Waals surface area contributed by atoms with Crippen molar-refractivity contribution in [2.24, 2.45) is 0 Å². The van der Waals surface area contributed by atoms with Crippen LogP contribution in [0.4, 0.5) is 0 Å². The van der Waals surface area contributed by atoms with Crippen LogP contribution in [0.2, 0.25) is 5.02 Å². The molecule has 2 fully saturated rings. The Morgan fingerprint density at radius 2 is 2.00 bits per heavy atom. The minimum Gasteiger partial charge on any atom is -0.350 e. The average Bonchev–Trinajstić information content (AvgIpc) is 3.37. The molecule has 2 aliphatic rings. The van der Waals surface area contributed by atoms with Crippen LogP contribution in [-0.2, 0) is 4.79 Å². The van der Waals surface area contributed by atoms with Crippen molar-refractivity contribution in [3.8, 4) is 0 Å². The molecule has 1 aromatic carbocycles. The van der Waals surface area contributed by atoms with Crippen molar-refractivity contribution in [3.63, 3.8) is 0 Å². The molecule has 0 unspecified atom stereocenters. The number of hydrogen-bond acceptors (Lipinski definition) is 3. The van der Waals surface area contributed by atoms with Crippen molar-refractivity contribution in [2.45, 2.75) is 48.8 Å². The summed E-state index contributed by atoms with van der Waals surface area (Å²) in [7, 11) is 0. The third kappa shape index (κ3) is 4.30. The molecule has 1 saturated carbocycles. The number of aryl methyl sites for hydroxylation is 1. The van der Waals surface area contributed by atoms with Crippen molar-refractivity contribution in [3.05, 3.63) is 68.6 Å². The van der Waals surface area contributed by atoms with Crippen LogP contribution in [0.15, 0.2) is 46.1 Å². The van der Waals surface area contributed by atoms with E-state index in [0.29, 0.717) is 12.1 Å². The van der Waals surface area contributed by atoms with Gasteiger partial charge in [-0.15, -0.1) is 11.8 Å². The molecular formula is C21H21ClN2O2S. The van der Waals surface area contributed by atoms with E-state index in [0.717, 1.165) is 22.8 Å². The number of pyridine rings is 1. The normalized spacial score (nSPS) is 20.0. The summed E-state index contributed by atoms with van der Waals surface area (Å²) in [6.45, 7) is 2.12. The predicted molar refractivity (Wildman–Crippen MR) is 110 cm³/mol. The third-order valence-corrected chi connectivity index (χ3v) is 6.67. The molecule has 0 bridgehead atoms. The van der Waals surface area contributed by atoms with Crippen LogP contribution in [0.25, 0.3) is 5.57 Å². The quantitative estimate of drug-likeness (QED) is 0.786. The first-order valence-electron chi connectivity index (χ1n) is 9.17. The van der Waals surface area contributed by atoms with Gasteiger partial charge in [0, 0.05) is 33.9 Å². The number of benzene rings is 1. The molecule has 27 heavy (non-hydrogen) atoms. The molecule has 1 atom stereocenters. The maximum atomic E-state index is 12.0. The van der Waals surface area contributed by atoms with Gasteiger partial charge in [-0.1, -0.05) is 29.8 Å². The zero-order valence-electron chi connectivity index (χ0n) is 15.0. The molecule has 6 heteroatoms. The van der Waals surface area contributed by atoms with E-state index < -0.39 is 0 Å². The molecular weight excluding hydrogens is 380 g/mol. The summed E-state index contributed by atoms with van der Waals surface area (Å²) >= 11 is 7.84. The second-order valence-electron chi connectivity index (χ2n) is 7.14. The van der Waals surface area contributed by atoms with Gasteiger partial charge in [0.1, 0.15) is 5.02 Å². The molecule has 1 aromatic heterocycles. The highest BCUT2D eigenvalue weighted by molar-refractivity contribution is 8.00. The molecule has 4 nitrogen and oxygen atoms in total. The molecule has 140 valence electrons. The monoisotopic (exact) mass is 400 g/mol. The Morgan fingerprint density at radius 1 is 1.19 bits per heavy atom. The summed E-state index contributed by atoms with van der Waals surface area (Å²) in [6.07, 6.45) is 5.91. The number of H-pyrrole nitrogens is 1. The Balaban J connectivity index is 1.73. The molecule has 1 aliphatic carbocycles. The second kappa shape index (κ2) is 7.56. The van der Waals surface area contributed by atoms with Gasteiger partial charge in [0.15, 0.2) is 0 Å². The van der Waals surface area contributed by atoms with Crippen LogP contribution >= 0.6 is 23.4 Å². The number of aromatic amines is 1. The van der Waals surface area contributed by atoms with E-state index in [-0.39, 0.29) is 22.5 Å². The molecule has 1 aliphatic heterocycles. The Kier molecular flexibility index (Phi) is 5.15. The van der Waals surface area contributed by atoms with Crippen LogP contribution < -0.4 is 10.9 Å². The van der Waals surface area contributed by atoms with Gasteiger partial charge in [-0.25, -0.2) is 0 Å². The SMILES string of the molecule is Cc1cc(/C(=C/[C@H]2CCC(=O)N2)c2ccc(Cl)c(=O)[nH]2)ccc1SC1CC1. The van der Waals surface area contributed by atoms with Crippen LogP contribution in [0.5, 0.6) is 0 Å². The van der Waals surface area contributed by atoms with E-state index in [2.05, 4.69) is 35.4 Å². The van der Waals surface area contributed by atoms with Crippen LogP contribution in [0.1, 0.15) is 42.5 Å². The average molecular weight is 401 g/mol. The molecule has 2 N–H and O–H groups in total. The van der Waals surface area contributed by atoms with E-state index in [1.54, 1.807) is 6.07 Å². The first kappa shape index (κ1) is 18.4. The van der Waals surface area contributed by atoms with Crippen LogP contribution in [-0.4, -0.2) is 22.2 Å². The van der Waals surface area contributed by atoms with Gasteiger partial charge < -0.3 is 10.3 Å². The lowest BCUT2D eigenvalue weighted by atomic mass is 9.97. The molecule has 2 heterocycles. The smallest absolute Gasteiger partial charge is 0.267 e. The summed E-state index contributed by atoms with van der Waals surface area (Å²) in [4.78, 5) is 27.8. The highest BCUT2D eigenvalue weighted by Gasteiger charge is 2.24. The maximum absolute atomic E-state index is 12.0. The Bertz CT molecular complexity index is 978. The Hall–Kier alpha value is -1.98. The number of hydrogen-bond donors (Lipinski definition) is 2. The number of aromatic nitrogens is 1. The van der Waals surface area contributed by atoms with Gasteiger partial charge in [0.2, 0.25) is 5.91 Å². The molecule has 1 saturated heterocycles. The summed E-state index contributed by atoms with van der Waals surface area (Å²) in [5.41, 5.74) is 3.54. The summed E-state index contributed by atoms with van der Waals surface area (Å²) in [5, 5.41) is 3.89. The highest BCUT2D eigenvalue weighted by Crippen LogP contribution is 2.41. The minimum absolute atomic E-state index is 0.0347. The van der Waals surface area contributed by atoms with Gasteiger partial charge in [0.05, 0.1) is 0 Å². The van der Waals surface area contributed by atoms with Gasteiger partial charge >= 0.3 is 0 Å². The molecule has 0 spiro atoms. The Labute approximate surface area is 167 Å². The fraction of sp³-hybridized carbons (Fsp3) is 0.333. The number of nitrogens with one attached hydrogen (secondary N) is 2. The standard InChI is InChI=1S/C21H21ClN2O2S/c1-12-10-13(2-8-19(12)27-15-4-5-15)16(11-14-3-9-20(25)23-14)18-7-6-17(22)21(26)24-18/h2,6-8,10-11,14-15H,3-5,9H2,1H3,(H,23,25)(H,24,26)/b16-11-/t14-/m1/s1. The van der Waals surface area contributed by atoms with E-state index >= 15 is 0 Å². The zero-order chi connectivity index (χ0) is 19.0.